The molecule has 1 nitrogen and oxygen atoms in total. The molecule has 0 aliphatic rings. The summed E-state index contributed by atoms with van der Waals surface area (Å²) in [4.78, 5) is 0. The van der Waals surface area contributed by atoms with Crippen LogP contribution in [0.4, 0.5) is 0 Å². The van der Waals surface area contributed by atoms with E-state index >= 15 is 0 Å². The molecule has 1 N–H and O–H groups in total. The van der Waals surface area contributed by atoms with Crippen LogP contribution in [0.25, 0.3) is 10.8 Å². The topological polar surface area (TPSA) is 12.0 Å². The molecule has 0 aliphatic carbocycles. The molecule has 2 aromatic rings. The Balaban J connectivity index is 2.71. The monoisotopic (exact) mass is 198 g/mol. The van der Waals surface area contributed by atoms with E-state index in [9.17, 15) is 0 Å². The number of hydrogen-bond acceptors (Lipinski definition) is 1. The van der Waals surface area contributed by atoms with Gasteiger partial charge in [-0.05, 0) is 37.2 Å². The standard InChI is InChI=1S/C14H16N/c1-14(2,15-3)13-10-6-8-11-7-4-5-9-12(11)13/h4-10,15H,1H2,2-3H3. The first-order chi connectivity index (χ1) is 7.15. The summed E-state index contributed by atoms with van der Waals surface area (Å²) in [5.74, 6) is 0. The van der Waals surface area contributed by atoms with Crippen LogP contribution in [0.15, 0.2) is 42.5 Å². The van der Waals surface area contributed by atoms with E-state index in [1.807, 2.05) is 7.05 Å². The second kappa shape index (κ2) is 3.67. The summed E-state index contributed by atoms with van der Waals surface area (Å²) in [6.07, 6.45) is 0. The fourth-order valence-corrected chi connectivity index (χ4v) is 1.84. The van der Waals surface area contributed by atoms with Crippen LogP contribution in [-0.2, 0) is 5.54 Å². The molecule has 0 saturated heterocycles. The molecule has 2 aromatic carbocycles. The lowest BCUT2D eigenvalue weighted by molar-refractivity contribution is 0.504. The van der Waals surface area contributed by atoms with Crippen molar-refractivity contribution in [1.82, 2.24) is 5.32 Å². The maximum Gasteiger partial charge on any atom is 0.0410 e. The highest BCUT2D eigenvalue weighted by Gasteiger charge is 2.19. The summed E-state index contributed by atoms with van der Waals surface area (Å²) in [5.41, 5.74) is 1.00. The minimum Gasteiger partial charge on any atom is -0.311 e. The van der Waals surface area contributed by atoms with Crippen LogP contribution in [-0.4, -0.2) is 7.05 Å². The molecule has 0 amide bonds. The van der Waals surface area contributed by atoms with Crippen molar-refractivity contribution in [3.05, 3.63) is 55.0 Å². The highest BCUT2D eigenvalue weighted by molar-refractivity contribution is 5.86. The van der Waals surface area contributed by atoms with Crippen LogP contribution in [0.5, 0.6) is 0 Å². The molecule has 1 radical (unpaired) electrons. The largest absolute Gasteiger partial charge is 0.311 e. The van der Waals surface area contributed by atoms with Gasteiger partial charge in [-0.2, -0.15) is 0 Å². The number of nitrogens with one attached hydrogen (secondary N) is 1. The summed E-state index contributed by atoms with van der Waals surface area (Å²) in [5, 5.41) is 5.77. The first-order valence-electron chi connectivity index (χ1n) is 5.17. The molecule has 0 saturated carbocycles. The molecule has 0 heterocycles. The number of benzene rings is 2. The van der Waals surface area contributed by atoms with Gasteiger partial charge in [0.1, 0.15) is 0 Å². The van der Waals surface area contributed by atoms with Crippen LogP contribution in [0.2, 0.25) is 0 Å². The first-order valence-corrected chi connectivity index (χ1v) is 5.17. The van der Waals surface area contributed by atoms with E-state index in [1.165, 1.54) is 16.3 Å². The lowest BCUT2D eigenvalue weighted by Crippen LogP contribution is -2.33. The zero-order valence-corrected chi connectivity index (χ0v) is 9.25. The Bertz CT molecular complexity index is 466. The van der Waals surface area contributed by atoms with Crippen LogP contribution in [0.3, 0.4) is 0 Å². The Morgan fingerprint density at radius 3 is 2.47 bits per heavy atom. The molecule has 1 heteroatoms. The van der Waals surface area contributed by atoms with E-state index in [-0.39, 0.29) is 5.54 Å². The molecule has 1 atom stereocenters. The molecule has 77 valence electrons. The number of rotatable bonds is 2. The van der Waals surface area contributed by atoms with Crippen molar-refractivity contribution in [3.63, 3.8) is 0 Å². The smallest absolute Gasteiger partial charge is 0.0410 e. The van der Waals surface area contributed by atoms with Gasteiger partial charge < -0.3 is 5.32 Å². The lowest BCUT2D eigenvalue weighted by Gasteiger charge is -2.26. The van der Waals surface area contributed by atoms with E-state index in [2.05, 4.69) is 61.6 Å². The van der Waals surface area contributed by atoms with Gasteiger partial charge in [0.2, 0.25) is 0 Å². The number of fused-ring (bicyclic) bond motifs is 1. The summed E-state index contributed by atoms with van der Waals surface area (Å²) in [7, 11) is 1.94. The van der Waals surface area contributed by atoms with Crippen LogP contribution >= 0.6 is 0 Å². The highest BCUT2D eigenvalue weighted by atomic mass is 14.9. The molecule has 0 aromatic heterocycles. The van der Waals surface area contributed by atoms with Gasteiger partial charge >= 0.3 is 0 Å². The van der Waals surface area contributed by atoms with Gasteiger partial charge in [0.25, 0.3) is 0 Å². The fraction of sp³-hybridized carbons (Fsp3) is 0.214. The van der Waals surface area contributed by atoms with Gasteiger partial charge in [-0.3, -0.25) is 0 Å². The molecule has 0 aliphatic heterocycles. The molecule has 1 unspecified atom stereocenters. The van der Waals surface area contributed by atoms with Crippen LogP contribution in [0, 0.1) is 6.92 Å². The zero-order chi connectivity index (χ0) is 10.9. The molecule has 0 fully saturated rings. The third kappa shape index (κ3) is 1.75. The number of hydrogen-bond donors (Lipinski definition) is 1. The van der Waals surface area contributed by atoms with E-state index in [4.69, 9.17) is 0 Å². The normalized spacial score (nSPS) is 11.9. The van der Waals surface area contributed by atoms with E-state index in [1.54, 1.807) is 0 Å². The third-order valence-corrected chi connectivity index (χ3v) is 2.94. The summed E-state index contributed by atoms with van der Waals surface area (Å²) in [6.45, 7) is 6.29. The van der Waals surface area contributed by atoms with E-state index in [0.717, 1.165) is 0 Å². The first kappa shape index (κ1) is 10.2. The summed E-state index contributed by atoms with van der Waals surface area (Å²) < 4.78 is 0. The van der Waals surface area contributed by atoms with Gasteiger partial charge in [-0.15, -0.1) is 0 Å². The Kier molecular flexibility index (Phi) is 2.49. The van der Waals surface area contributed by atoms with Gasteiger partial charge in [0.05, 0.1) is 0 Å². The van der Waals surface area contributed by atoms with Crippen molar-refractivity contribution in [2.75, 3.05) is 7.05 Å². The molecule has 0 spiro atoms. The molecular weight excluding hydrogens is 182 g/mol. The Hall–Kier alpha value is -1.34. The minimum absolute atomic E-state index is 0.235. The fourth-order valence-electron chi connectivity index (χ4n) is 1.84. The SMILES string of the molecule is [CH2]C(C)(NC)c1cccc2ccccc12. The van der Waals surface area contributed by atoms with Crippen LogP contribution < -0.4 is 5.32 Å². The predicted molar refractivity (Wildman–Crippen MR) is 65.7 cm³/mol. The highest BCUT2D eigenvalue weighted by Crippen LogP contribution is 2.27. The quantitative estimate of drug-likeness (QED) is 0.781. The molecule has 15 heavy (non-hydrogen) atoms. The molecule has 2 rings (SSSR count). The van der Waals surface area contributed by atoms with Gasteiger partial charge in [-0.25, -0.2) is 0 Å². The lowest BCUT2D eigenvalue weighted by atomic mass is 9.90. The average Bonchev–Trinajstić information content (AvgIpc) is 2.28. The van der Waals surface area contributed by atoms with Crippen LogP contribution in [0.1, 0.15) is 12.5 Å². The zero-order valence-electron chi connectivity index (χ0n) is 9.25. The predicted octanol–water partition coefficient (Wildman–Crippen LogP) is 3.11. The second-order valence-corrected chi connectivity index (χ2v) is 4.11. The van der Waals surface area contributed by atoms with Crippen molar-refractivity contribution in [2.45, 2.75) is 12.5 Å². The van der Waals surface area contributed by atoms with Crippen molar-refractivity contribution < 1.29 is 0 Å². The van der Waals surface area contributed by atoms with Crippen molar-refractivity contribution >= 4 is 10.8 Å². The van der Waals surface area contributed by atoms with Crippen molar-refractivity contribution in [3.8, 4) is 0 Å². The maximum absolute atomic E-state index is 4.20. The Morgan fingerprint density at radius 1 is 1.07 bits per heavy atom. The van der Waals surface area contributed by atoms with E-state index < -0.39 is 0 Å². The van der Waals surface area contributed by atoms with Crippen molar-refractivity contribution in [2.24, 2.45) is 0 Å². The Labute approximate surface area is 91.1 Å². The molecule has 0 bridgehead atoms. The molecular formula is C14H16N. The average molecular weight is 198 g/mol. The van der Waals surface area contributed by atoms with Gasteiger partial charge in [0.15, 0.2) is 0 Å². The van der Waals surface area contributed by atoms with E-state index in [0.29, 0.717) is 0 Å². The Morgan fingerprint density at radius 2 is 1.73 bits per heavy atom. The van der Waals surface area contributed by atoms with Gasteiger partial charge in [0, 0.05) is 5.54 Å². The minimum atomic E-state index is -0.235. The maximum atomic E-state index is 4.20. The summed E-state index contributed by atoms with van der Waals surface area (Å²) in [6, 6.07) is 14.7. The van der Waals surface area contributed by atoms with Gasteiger partial charge in [-0.1, -0.05) is 42.5 Å². The third-order valence-electron chi connectivity index (χ3n) is 2.94. The van der Waals surface area contributed by atoms with Crippen molar-refractivity contribution in [1.29, 1.82) is 0 Å². The summed E-state index contributed by atoms with van der Waals surface area (Å²) >= 11 is 0. The second-order valence-electron chi connectivity index (χ2n) is 4.11.